The van der Waals surface area contributed by atoms with Crippen LogP contribution >= 0.6 is 11.6 Å². The topological polar surface area (TPSA) is 26.3 Å². The summed E-state index contributed by atoms with van der Waals surface area (Å²) in [6.07, 6.45) is 0. The van der Waals surface area contributed by atoms with Crippen molar-refractivity contribution in [2.75, 3.05) is 12.5 Å². The second kappa shape index (κ2) is 4.39. The Bertz CT molecular complexity index is 120. The van der Waals surface area contributed by atoms with Crippen LogP contribution in [-0.2, 0) is 9.53 Å². The normalized spacial score (nSPS) is 8.67. The molecule has 0 rings (SSSR count). The minimum atomic E-state index is -0.403. The maximum Gasteiger partial charge on any atom is 0.321 e. The molecule has 0 N–H and O–H groups in total. The molecule has 0 aliphatic carbocycles. The van der Waals surface area contributed by atoms with Crippen LogP contribution in [0.25, 0.3) is 0 Å². The third kappa shape index (κ3) is 5.37. The molecule has 0 aliphatic rings. The Morgan fingerprint density at radius 2 is 2.33 bits per heavy atom. The van der Waals surface area contributed by atoms with Gasteiger partial charge < -0.3 is 4.74 Å². The number of carbonyl (C=O) groups excluding carboxylic acids is 1. The van der Waals surface area contributed by atoms with Crippen molar-refractivity contribution in [1.82, 2.24) is 0 Å². The predicted molar refractivity (Wildman–Crippen MR) is 36.5 cm³/mol. The van der Waals surface area contributed by atoms with E-state index in [4.69, 9.17) is 11.6 Å². The van der Waals surface area contributed by atoms with E-state index in [2.05, 4.69) is 11.3 Å². The molecule has 0 fully saturated rings. The molecule has 0 bridgehead atoms. The van der Waals surface area contributed by atoms with Crippen molar-refractivity contribution in [2.24, 2.45) is 0 Å². The number of hydrogen-bond donors (Lipinski definition) is 0. The first-order valence-electron chi connectivity index (χ1n) is 2.52. The van der Waals surface area contributed by atoms with Crippen LogP contribution in [0.15, 0.2) is 12.2 Å². The first-order valence-corrected chi connectivity index (χ1v) is 3.06. The number of halogens is 1. The zero-order valence-electron chi connectivity index (χ0n) is 5.32. The summed E-state index contributed by atoms with van der Waals surface area (Å²) < 4.78 is 4.58. The monoisotopic (exact) mass is 148 g/mol. The molecule has 0 atom stereocenters. The van der Waals surface area contributed by atoms with Crippen LogP contribution in [0.1, 0.15) is 6.92 Å². The summed E-state index contributed by atoms with van der Waals surface area (Å²) in [5.41, 5.74) is 0.813. The van der Waals surface area contributed by atoms with Gasteiger partial charge in [-0.2, -0.15) is 0 Å². The molecule has 0 amide bonds. The Hall–Kier alpha value is -0.500. The molecule has 52 valence electrons. The quantitative estimate of drug-likeness (QED) is 0.343. The molecule has 9 heavy (non-hydrogen) atoms. The summed E-state index contributed by atoms with van der Waals surface area (Å²) in [5.74, 6) is -0.493. The van der Waals surface area contributed by atoms with Gasteiger partial charge in [-0.15, -0.1) is 11.6 Å². The molecule has 0 spiro atoms. The number of ether oxygens (including phenoxy) is 1. The second-order valence-corrected chi connectivity index (χ2v) is 2.02. The molecule has 0 saturated carbocycles. The van der Waals surface area contributed by atoms with Crippen LogP contribution in [0, 0.1) is 0 Å². The average molecular weight is 149 g/mol. The smallest absolute Gasteiger partial charge is 0.321 e. The van der Waals surface area contributed by atoms with Gasteiger partial charge in [0.25, 0.3) is 0 Å². The minimum absolute atomic E-state index is 0.0900. The van der Waals surface area contributed by atoms with Gasteiger partial charge in [0.15, 0.2) is 0 Å². The highest BCUT2D eigenvalue weighted by atomic mass is 35.5. The van der Waals surface area contributed by atoms with Crippen molar-refractivity contribution in [3.63, 3.8) is 0 Å². The highest BCUT2D eigenvalue weighted by molar-refractivity contribution is 6.26. The lowest BCUT2D eigenvalue weighted by Crippen LogP contribution is -2.06. The molecule has 0 aromatic carbocycles. The van der Waals surface area contributed by atoms with Crippen LogP contribution < -0.4 is 0 Å². The van der Waals surface area contributed by atoms with E-state index in [0.29, 0.717) is 0 Å². The van der Waals surface area contributed by atoms with Gasteiger partial charge in [0.1, 0.15) is 12.5 Å². The van der Waals surface area contributed by atoms with E-state index in [1.54, 1.807) is 6.92 Å². The molecule has 0 saturated heterocycles. The Kier molecular flexibility index (Phi) is 4.14. The summed E-state index contributed by atoms with van der Waals surface area (Å²) >= 11 is 5.13. The molecular formula is C6H9ClO2. The number of esters is 1. The van der Waals surface area contributed by atoms with Gasteiger partial charge in [0.2, 0.25) is 0 Å². The third-order valence-corrected chi connectivity index (χ3v) is 0.807. The van der Waals surface area contributed by atoms with E-state index < -0.39 is 5.97 Å². The highest BCUT2D eigenvalue weighted by Crippen LogP contribution is 1.89. The minimum Gasteiger partial charge on any atom is -0.460 e. The number of carbonyl (C=O) groups is 1. The lowest BCUT2D eigenvalue weighted by Gasteiger charge is -1.99. The van der Waals surface area contributed by atoms with E-state index in [-0.39, 0.29) is 12.5 Å². The summed E-state index contributed by atoms with van der Waals surface area (Å²) in [4.78, 5) is 10.3. The molecule has 0 heterocycles. The van der Waals surface area contributed by atoms with E-state index in [0.717, 1.165) is 5.57 Å². The van der Waals surface area contributed by atoms with Crippen molar-refractivity contribution in [3.8, 4) is 0 Å². The van der Waals surface area contributed by atoms with Crippen molar-refractivity contribution in [2.45, 2.75) is 6.92 Å². The molecule has 0 aromatic heterocycles. The standard InChI is InChI=1S/C6H9ClO2/c1-5(2)4-9-6(8)3-7/h1,3-4H2,2H3. The first kappa shape index (κ1) is 8.50. The molecular weight excluding hydrogens is 140 g/mol. The summed E-state index contributed by atoms with van der Waals surface area (Å²) in [5, 5.41) is 0. The van der Waals surface area contributed by atoms with Crippen molar-refractivity contribution in [3.05, 3.63) is 12.2 Å². The molecule has 0 aromatic rings. The van der Waals surface area contributed by atoms with Gasteiger partial charge in [0.05, 0.1) is 0 Å². The summed E-state index contributed by atoms with van der Waals surface area (Å²) in [6, 6.07) is 0. The Morgan fingerprint density at radius 1 is 1.78 bits per heavy atom. The average Bonchev–Trinajstić information content (AvgIpc) is 1.83. The fourth-order valence-corrected chi connectivity index (χ4v) is 0.319. The van der Waals surface area contributed by atoms with Crippen molar-refractivity contribution in [1.29, 1.82) is 0 Å². The molecule has 2 nitrogen and oxygen atoms in total. The number of hydrogen-bond acceptors (Lipinski definition) is 2. The lowest BCUT2D eigenvalue weighted by molar-refractivity contribution is -0.139. The number of rotatable bonds is 3. The maximum atomic E-state index is 10.3. The van der Waals surface area contributed by atoms with Crippen LogP contribution in [0.3, 0.4) is 0 Å². The van der Waals surface area contributed by atoms with E-state index in [9.17, 15) is 4.79 Å². The zero-order valence-corrected chi connectivity index (χ0v) is 6.07. The van der Waals surface area contributed by atoms with Crippen molar-refractivity contribution < 1.29 is 9.53 Å². The van der Waals surface area contributed by atoms with Gasteiger partial charge in [-0.25, -0.2) is 0 Å². The van der Waals surface area contributed by atoms with Gasteiger partial charge >= 0.3 is 5.97 Å². The van der Waals surface area contributed by atoms with Gasteiger partial charge in [-0.05, 0) is 12.5 Å². The SMILES string of the molecule is C=C(C)COC(=O)CCl. The molecule has 0 radical (unpaired) electrons. The van der Waals surface area contributed by atoms with Crippen molar-refractivity contribution >= 4 is 17.6 Å². The predicted octanol–water partition coefficient (Wildman–Crippen LogP) is 1.34. The first-order chi connectivity index (χ1) is 4.16. The van der Waals surface area contributed by atoms with Crippen LogP contribution in [0.2, 0.25) is 0 Å². The fraction of sp³-hybridized carbons (Fsp3) is 0.500. The fourth-order valence-electron chi connectivity index (χ4n) is 0.242. The Balaban J connectivity index is 3.28. The van der Waals surface area contributed by atoms with Crippen LogP contribution in [0.5, 0.6) is 0 Å². The molecule has 0 aliphatic heterocycles. The van der Waals surface area contributed by atoms with E-state index in [1.165, 1.54) is 0 Å². The number of alkyl halides is 1. The van der Waals surface area contributed by atoms with Crippen LogP contribution in [0.4, 0.5) is 0 Å². The molecule has 3 heteroatoms. The van der Waals surface area contributed by atoms with Gasteiger partial charge in [-0.1, -0.05) is 6.58 Å². The summed E-state index contributed by atoms with van der Waals surface area (Å²) in [7, 11) is 0. The third-order valence-electron chi connectivity index (χ3n) is 0.589. The maximum absolute atomic E-state index is 10.3. The Morgan fingerprint density at radius 3 is 2.67 bits per heavy atom. The van der Waals surface area contributed by atoms with Gasteiger partial charge in [-0.3, -0.25) is 4.79 Å². The van der Waals surface area contributed by atoms with E-state index >= 15 is 0 Å². The zero-order chi connectivity index (χ0) is 7.28. The van der Waals surface area contributed by atoms with Gasteiger partial charge in [0, 0.05) is 0 Å². The highest BCUT2D eigenvalue weighted by Gasteiger charge is 1.97. The molecule has 0 unspecified atom stereocenters. The largest absolute Gasteiger partial charge is 0.460 e. The van der Waals surface area contributed by atoms with E-state index in [1.807, 2.05) is 0 Å². The Labute approximate surface area is 59.5 Å². The second-order valence-electron chi connectivity index (χ2n) is 1.75. The van der Waals surface area contributed by atoms with Crippen LogP contribution in [-0.4, -0.2) is 18.5 Å². The lowest BCUT2D eigenvalue weighted by atomic mass is 10.4. The summed E-state index contributed by atoms with van der Waals surface area (Å²) in [6.45, 7) is 5.59.